The van der Waals surface area contributed by atoms with E-state index in [2.05, 4.69) is 9.58 Å². The summed E-state index contributed by atoms with van der Waals surface area (Å²) in [6.45, 7) is 7.67. The Bertz CT molecular complexity index is 264. The van der Waals surface area contributed by atoms with Gasteiger partial charge in [-0.3, -0.25) is 4.79 Å². The summed E-state index contributed by atoms with van der Waals surface area (Å²) in [5.74, 6) is 1.32. The van der Waals surface area contributed by atoms with Crippen LogP contribution in [0, 0.1) is 6.57 Å². The SMILES string of the molecule is [C-]#[N+]/C(=C/N1CCSC1)C(=O)OC. The van der Waals surface area contributed by atoms with Crippen LogP contribution in [0.15, 0.2) is 11.9 Å². The van der Waals surface area contributed by atoms with E-state index in [1.165, 1.54) is 7.11 Å². The summed E-state index contributed by atoms with van der Waals surface area (Å²) in [6.07, 6.45) is 1.57. The van der Waals surface area contributed by atoms with Gasteiger partial charge in [0.25, 0.3) is 5.70 Å². The molecule has 0 amide bonds. The van der Waals surface area contributed by atoms with E-state index >= 15 is 0 Å². The van der Waals surface area contributed by atoms with Crippen molar-refractivity contribution in [2.24, 2.45) is 0 Å². The summed E-state index contributed by atoms with van der Waals surface area (Å²) >= 11 is 1.78. The molecule has 1 aliphatic heterocycles. The first-order chi connectivity index (χ1) is 6.27. The smallest absolute Gasteiger partial charge is 0.337 e. The minimum Gasteiger partial charge on any atom is -0.474 e. The van der Waals surface area contributed by atoms with Crippen molar-refractivity contribution in [1.29, 1.82) is 0 Å². The number of rotatable bonds is 2. The molecule has 1 aliphatic rings. The molecule has 1 rings (SSSR count). The van der Waals surface area contributed by atoms with E-state index in [1.54, 1.807) is 18.0 Å². The standard InChI is InChI=1S/C8H10N2O2S/c1-9-7(8(11)12-2)5-10-3-4-13-6-10/h5H,3-4,6H2,2H3/b7-5+. The first kappa shape index (κ1) is 9.93. The van der Waals surface area contributed by atoms with E-state index < -0.39 is 5.97 Å². The Hall–Kier alpha value is -1.15. The molecule has 0 N–H and O–H groups in total. The number of hydrogen-bond donors (Lipinski definition) is 0. The number of thioether (sulfide) groups is 1. The van der Waals surface area contributed by atoms with Gasteiger partial charge in [0.15, 0.2) is 0 Å². The quantitative estimate of drug-likeness (QED) is 0.375. The van der Waals surface area contributed by atoms with E-state index in [0.717, 1.165) is 18.2 Å². The molecule has 0 aromatic carbocycles. The van der Waals surface area contributed by atoms with Gasteiger partial charge < -0.3 is 9.64 Å². The second-order valence-corrected chi connectivity index (χ2v) is 3.54. The van der Waals surface area contributed by atoms with Crippen LogP contribution < -0.4 is 0 Å². The molecule has 0 aromatic rings. The van der Waals surface area contributed by atoms with Gasteiger partial charge in [-0.05, 0) is 0 Å². The van der Waals surface area contributed by atoms with Crippen LogP contribution in [-0.2, 0) is 9.53 Å². The summed E-state index contributed by atoms with van der Waals surface area (Å²) < 4.78 is 4.46. The largest absolute Gasteiger partial charge is 0.474 e. The minimum atomic E-state index is -0.563. The molecule has 4 nitrogen and oxygen atoms in total. The Kier molecular flexibility index (Phi) is 3.65. The molecular formula is C8H10N2O2S. The fourth-order valence-corrected chi connectivity index (χ4v) is 1.87. The van der Waals surface area contributed by atoms with Crippen LogP contribution in [0.5, 0.6) is 0 Å². The number of nitrogens with zero attached hydrogens (tertiary/aromatic N) is 2. The summed E-state index contributed by atoms with van der Waals surface area (Å²) in [4.78, 5) is 16.0. The molecule has 70 valence electrons. The molecule has 0 bridgehead atoms. The lowest BCUT2D eigenvalue weighted by Gasteiger charge is -2.10. The van der Waals surface area contributed by atoms with Gasteiger partial charge >= 0.3 is 5.97 Å². The van der Waals surface area contributed by atoms with E-state index in [1.807, 2.05) is 4.90 Å². The Balaban J connectivity index is 2.65. The van der Waals surface area contributed by atoms with Gasteiger partial charge in [-0.15, -0.1) is 11.8 Å². The Labute approximate surface area is 81.4 Å². The second kappa shape index (κ2) is 4.77. The molecular weight excluding hydrogens is 188 g/mol. The highest BCUT2D eigenvalue weighted by Gasteiger charge is 2.14. The monoisotopic (exact) mass is 198 g/mol. The van der Waals surface area contributed by atoms with Crippen molar-refractivity contribution >= 4 is 17.7 Å². The van der Waals surface area contributed by atoms with E-state index in [9.17, 15) is 4.79 Å². The lowest BCUT2D eigenvalue weighted by atomic mass is 10.4. The molecule has 1 heterocycles. The Morgan fingerprint density at radius 2 is 2.54 bits per heavy atom. The van der Waals surface area contributed by atoms with Crippen molar-refractivity contribution in [2.75, 3.05) is 25.3 Å². The van der Waals surface area contributed by atoms with Gasteiger partial charge in [-0.1, -0.05) is 0 Å². The van der Waals surface area contributed by atoms with Crippen molar-refractivity contribution in [3.05, 3.63) is 23.3 Å². The van der Waals surface area contributed by atoms with E-state index in [-0.39, 0.29) is 5.70 Å². The van der Waals surface area contributed by atoms with Crippen LogP contribution in [0.1, 0.15) is 0 Å². The summed E-state index contributed by atoms with van der Waals surface area (Å²) in [7, 11) is 1.28. The zero-order chi connectivity index (χ0) is 9.68. The minimum absolute atomic E-state index is 0.0463. The summed E-state index contributed by atoms with van der Waals surface area (Å²) in [5, 5.41) is 0. The lowest BCUT2D eigenvalue weighted by Crippen LogP contribution is -2.14. The van der Waals surface area contributed by atoms with Crippen LogP contribution in [0.2, 0.25) is 0 Å². The number of ether oxygens (including phenoxy) is 1. The lowest BCUT2D eigenvalue weighted by molar-refractivity contribution is -0.135. The maximum Gasteiger partial charge on any atom is 0.337 e. The first-order valence-corrected chi connectivity index (χ1v) is 4.93. The molecule has 0 aliphatic carbocycles. The van der Waals surface area contributed by atoms with Crippen LogP contribution in [0.25, 0.3) is 4.85 Å². The number of esters is 1. The van der Waals surface area contributed by atoms with E-state index in [0.29, 0.717) is 0 Å². The average molecular weight is 198 g/mol. The number of hydrogen-bond acceptors (Lipinski definition) is 4. The highest BCUT2D eigenvalue weighted by Crippen LogP contribution is 2.15. The second-order valence-electron chi connectivity index (χ2n) is 2.47. The third-order valence-electron chi connectivity index (χ3n) is 1.60. The van der Waals surface area contributed by atoms with Crippen molar-refractivity contribution in [3.63, 3.8) is 0 Å². The molecule has 1 saturated heterocycles. The van der Waals surface area contributed by atoms with Crippen LogP contribution in [0.4, 0.5) is 0 Å². The number of methoxy groups -OCH3 is 1. The van der Waals surface area contributed by atoms with Crippen LogP contribution in [-0.4, -0.2) is 36.2 Å². The zero-order valence-electron chi connectivity index (χ0n) is 7.32. The van der Waals surface area contributed by atoms with Crippen molar-refractivity contribution in [3.8, 4) is 0 Å². The fraction of sp³-hybridized carbons (Fsp3) is 0.500. The maximum absolute atomic E-state index is 11.0. The van der Waals surface area contributed by atoms with Crippen molar-refractivity contribution in [1.82, 2.24) is 4.90 Å². The molecule has 1 fully saturated rings. The molecule has 0 saturated carbocycles. The molecule has 0 spiro atoms. The average Bonchev–Trinajstić information content (AvgIpc) is 2.65. The van der Waals surface area contributed by atoms with Gasteiger partial charge in [-0.25, -0.2) is 4.85 Å². The fourth-order valence-electron chi connectivity index (χ4n) is 0.935. The molecule has 13 heavy (non-hydrogen) atoms. The van der Waals surface area contributed by atoms with Crippen molar-refractivity contribution in [2.45, 2.75) is 0 Å². The third-order valence-corrected chi connectivity index (χ3v) is 2.59. The van der Waals surface area contributed by atoms with Gasteiger partial charge in [0.05, 0.1) is 19.6 Å². The number of carbonyl (C=O) groups is 1. The molecule has 0 unspecified atom stereocenters. The summed E-state index contributed by atoms with van der Waals surface area (Å²) in [5.41, 5.74) is 0.0463. The topological polar surface area (TPSA) is 33.9 Å². The van der Waals surface area contributed by atoms with Gasteiger partial charge in [0.2, 0.25) is 0 Å². The normalized spacial score (nSPS) is 16.9. The Morgan fingerprint density at radius 3 is 3.00 bits per heavy atom. The van der Waals surface area contributed by atoms with Gasteiger partial charge in [-0.2, -0.15) is 0 Å². The highest BCUT2D eigenvalue weighted by molar-refractivity contribution is 7.99. The van der Waals surface area contributed by atoms with Gasteiger partial charge in [0.1, 0.15) is 0 Å². The zero-order valence-corrected chi connectivity index (χ0v) is 8.13. The predicted molar refractivity (Wildman–Crippen MR) is 50.7 cm³/mol. The maximum atomic E-state index is 11.0. The number of carbonyl (C=O) groups excluding carboxylic acids is 1. The summed E-state index contributed by atoms with van der Waals surface area (Å²) in [6, 6.07) is 0. The molecule has 0 aromatic heterocycles. The molecule has 5 heteroatoms. The molecule has 0 atom stereocenters. The van der Waals surface area contributed by atoms with Crippen molar-refractivity contribution < 1.29 is 9.53 Å². The third kappa shape index (κ3) is 2.67. The molecule has 0 radical (unpaired) electrons. The van der Waals surface area contributed by atoms with Crippen LogP contribution in [0.3, 0.4) is 0 Å². The van der Waals surface area contributed by atoms with Gasteiger partial charge in [0, 0.05) is 18.5 Å². The van der Waals surface area contributed by atoms with E-state index in [4.69, 9.17) is 6.57 Å². The highest BCUT2D eigenvalue weighted by atomic mass is 32.2. The Morgan fingerprint density at radius 1 is 1.77 bits per heavy atom. The first-order valence-electron chi connectivity index (χ1n) is 3.77. The van der Waals surface area contributed by atoms with Crippen LogP contribution >= 0.6 is 11.8 Å². The predicted octanol–water partition coefficient (Wildman–Crippen LogP) is 0.926.